The normalized spacial score (nSPS) is 10.5. The minimum absolute atomic E-state index is 0.122. The maximum Gasteiger partial charge on any atom is 0.339 e. The third-order valence-corrected chi connectivity index (χ3v) is 2.94. The number of amides is 2. The number of carboxylic acids is 1. The number of carbonyl (C=O) groups is 2. The molecule has 0 spiro atoms. The largest absolute Gasteiger partial charge is 0.478 e. The molecular weight excluding hydrogens is 248 g/mol. The highest BCUT2D eigenvalue weighted by atomic mass is 16.4. The van der Waals surface area contributed by atoms with Crippen LogP contribution in [0.5, 0.6) is 0 Å². The van der Waals surface area contributed by atoms with E-state index >= 15 is 0 Å². The standard InChI is InChI=1S/C13H20N2O4/c1-4-9(5-2)15-13(18)14-7-10-6-11(12(16)17)8(3)19-10/h6,9H,4-5,7H2,1-3H3,(H,16,17)(H2,14,15,18). The van der Waals surface area contributed by atoms with E-state index in [1.165, 1.54) is 6.07 Å². The summed E-state index contributed by atoms with van der Waals surface area (Å²) in [6, 6.07) is 1.29. The van der Waals surface area contributed by atoms with E-state index in [2.05, 4.69) is 10.6 Å². The van der Waals surface area contributed by atoms with Crippen LogP contribution in [0, 0.1) is 6.92 Å². The van der Waals surface area contributed by atoms with E-state index in [-0.39, 0.29) is 24.2 Å². The first-order valence-corrected chi connectivity index (χ1v) is 6.34. The highest BCUT2D eigenvalue weighted by Crippen LogP contribution is 2.14. The zero-order valence-corrected chi connectivity index (χ0v) is 11.4. The Balaban J connectivity index is 2.50. The molecule has 6 nitrogen and oxygen atoms in total. The Morgan fingerprint density at radius 2 is 2.00 bits per heavy atom. The smallest absolute Gasteiger partial charge is 0.339 e. The molecule has 0 bridgehead atoms. The van der Waals surface area contributed by atoms with Crippen LogP contribution in [0.25, 0.3) is 0 Å². The Bertz CT molecular complexity index is 449. The molecule has 2 amide bonds. The fourth-order valence-electron chi connectivity index (χ4n) is 1.74. The quantitative estimate of drug-likeness (QED) is 0.738. The Morgan fingerprint density at radius 3 is 2.47 bits per heavy atom. The van der Waals surface area contributed by atoms with Crippen molar-refractivity contribution >= 4 is 12.0 Å². The van der Waals surface area contributed by atoms with Crippen LogP contribution in [0.3, 0.4) is 0 Å². The van der Waals surface area contributed by atoms with Crippen molar-refractivity contribution in [3.63, 3.8) is 0 Å². The number of rotatable bonds is 6. The zero-order valence-electron chi connectivity index (χ0n) is 11.4. The molecule has 0 saturated heterocycles. The van der Waals surface area contributed by atoms with Gasteiger partial charge in [-0.2, -0.15) is 0 Å². The molecule has 0 saturated carbocycles. The number of aromatic carboxylic acids is 1. The maximum absolute atomic E-state index is 11.6. The van der Waals surface area contributed by atoms with Gasteiger partial charge in [0.2, 0.25) is 0 Å². The molecule has 0 aliphatic rings. The molecule has 0 fully saturated rings. The topological polar surface area (TPSA) is 91.6 Å². The van der Waals surface area contributed by atoms with Crippen molar-refractivity contribution in [2.75, 3.05) is 0 Å². The lowest BCUT2D eigenvalue weighted by Gasteiger charge is -2.14. The number of carboxylic acid groups (broad SMARTS) is 1. The van der Waals surface area contributed by atoms with Crippen LogP contribution in [-0.2, 0) is 6.54 Å². The highest BCUT2D eigenvalue weighted by molar-refractivity contribution is 5.88. The van der Waals surface area contributed by atoms with E-state index in [1.54, 1.807) is 6.92 Å². The van der Waals surface area contributed by atoms with Crippen molar-refractivity contribution in [3.05, 3.63) is 23.2 Å². The van der Waals surface area contributed by atoms with Gasteiger partial charge in [0, 0.05) is 6.04 Å². The van der Waals surface area contributed by atoms with Gasteiger partial charge in [-0.25, -0.2) is 9.59 Å². The molecule has 0 aromatic carbocycles. The molecule has 6 heteroatoms. The lowest BCUT2D eigenvalue weighted by Crippen LogP contribution is -2.41. The van der Waals surface area contributed by atoms with Crippen LogP contribution in [0.1, 0.15) is 48.6 Å². The van der Waals surface area contributed by atoms with Crippen molar-refractivity contribution in [1.29, 1.82) is 0 Å². The maximum atomic E-state index is 11.6. The summed E-state index contributed by atoms with van der Waals surface area (Å²) >= 11 is 0. The summed E-state index contributed by atoms with van der Waals surface area (Å²) in [5, 5.41) is 14.3. The van der Waals surface area contributed by atoms with Crippen LogP contribution in [0.2, 0.25) is 0 Å². The molecule has 3 N–H and O–H groups in total. The molecule has 1 rings (SSSR count). The van der Waals surface area contributed by atoms with Gasteiger partial charge in [0.05, 0.1) is 6.54 Å². The molecule has 1 aromatic heterocycles. The molecule has 19 heavy (non-hydrogen) atoms. The van der Waals surface area contributed by atoms with Gasteiger partial charge >= 0.3 is 12.0 Å². The molecular formula is C13H20N2O4. The molecule has 1 aromatic rings. The van der Waals surface area contributed by atoms with Gasteiger partial charge in [-0.05, 0) is 25.8 Å². The van der Waals surface area contributed by atoms with Crippen molar-refractivity contribution in [2.45, 2.75) is 46.2 Å². The van der Waals surface area contributed by atoms with Gasteiger partial charge in [-0.3, -0.25) is 0 Å². The molecule has 1 heterocycles. The Kier molecular flexibility index (Phi) is 5.41. The summed E-state index contributed by atoms with van der Waals surface area (Å²) in [6.07, 6.45) is 1.74. The fourth-order valence-corrected chi connectivity index (χ4v) is 1.74. The van der Waals surface area contributed by atoms with Gasteiger partial charge in [0.1, 0.15) is 17.1 Å². The number of furan rings is 1. The predicted octanol–water partition coefficient (Wildman–Crippen LogP) is 2.27. The van der Waals surface area contributed by atoms with Crippen LogP contribution in [0.15, 0.2) is 10.5 Å². The van der Waals surface area contributed by atoms with E-state index < -0.39 is 5.97 Å². The van der Waals surface area contributed by atoms with Crippen LogP contribution in [-0.4, -0.2) is 23.1 Å². The molecule has 0 aliphatic heterocycles. The highest BCUT2D eigenvalue weighted by Gasteiger charge is 2.14. The molecule has 0 aliphatic carbocycles. The Morgan fingerprint density at radius 1 is 1.37 bits per heavy atom. The SMILES string of the molecule is CCC(CC)NC(=O)NCc1cc(C(=O)O)c(C)o1. The van der Waals surface area contributed by atoms with Gasteiger partial charge in [-0.1, -0.05) is 13.8 Å². The number of hydrogen-bond acceptors (Lipinski definition) is 3. The number of aryl methyl sites for hydroxylation is 1. The van der Waals surface area contributed by atoms with Crippen LogP contribution >= 0.6 is 0 Å². The summed E-state index contributed by atoms with van der Waals surface area (Å²) in [5.41, 5.74) is 0.122. The Hall–Kier alpha value is -1.98. The summed E-state index contributed by atoms with van der Waals surface area (Å²) in [6.45, 7) is 5.75. The average molecular weight is 268 g/mol. The lowest BCUT2D eigenvalue weighted by atomic mass is 10.2. The van der Waals surface area contributed by atoms with E-state index in [1.807, 2.05) is 13.8 Å². The van der Waals surface area contributed by atoms with Crippen molar-refractivity contribution in [3.8, 4) is 0 Å². The van der Waals surface area contributed by atoms with E-state index in [4.69, 9.17) is 9.52 Å². The first-order valence-electron chi connectivity index (χ1n) is 6.34. The third kappa shape index (κ3) is 4.31. The summed E-state index contributed by atoms with van der Waals surface area (Å²) in [4.78, 5) is 22.4. The number of hydrogen-bond donors (Lipinski definition) is 3. The second-order valence-electron chi connectivity index (χ2n) is 4.33. The molecule has 0 unspecified atom stereocenters. The Labute approximate surface area is 112 Å². The molecule has 0 radical (unpaired) electrons. The van der Waals surface area contributed by atoms with Gasteiger partial charge < -0.3 is 20.2 Å². The second kappa shape index (κ2) is 6.82. The lowest BCUT2D eigenvalue weighted by molar-refractivity contribution is 0.0695. The van der Waals surface area contributed by atoms with Crippen molar-refractivity contribution in [1.82, 2.24) is 10.6 Å². The van der Waals surface area contributed by atoms with Gasteiger partial charge in [-0.15, -0.1) is 0 Å². The predicted molar refractivity (Wildman–Crippen MR) is 70.1 cm³/mol. The van der Waals surface area contributed by atoms with Gasteiger partial charge in [0.25, 0.3) is 0 Å². The second-order valence-corrected chi connectivity index (χ2v) is 4.33. The first kappa shape index (κ1) is 15.1. The molecule has 0 atom stereocenters. The van der Waals surface area contributed by atoms with Crippen molar-refractivity contribution < 1.29 is 19.1 Å². The van der Waals surface area contributed by atoms with E-state index in [9.17, 15) is 9.59 Å². The number of nitrogens with one attached hydrogen (secondary N) is 2. The summed E-state index contributed by atoms with van der Waals surface area (Å²) in [5.74, 6) is -0.270. The van der Waals surface area contributed by atoms with E-state index in [0.717, 1.165) is 12.8 Å². The van der Waals surface area contributed by atoms with Crippen LogP contribution < -0.4 is 10.6 Å². The van der Waals surface area contributed by atoms with E-state index in [0.29, 0.717) is 11.5 Å². The number of urea groups is 1. The first-order chi connectivity index (χ1) is 8.97. The third-order valence-electron chi connectivity index (χ3n) is 2.94. The average Bonchev–Trinajstić information content (AvgIpc) is 2.75. The summed E-state index contributed by atoms with van der Waals surface area (Å²) < 4.78 is 5.26. The summed E-state index contributed by atoms with van der Waals surface area (Å²) in [7, 11) is 0. The number of carbonyl (C=O) groups excluding carboxylic acids is 1. The monoisotopic (exact) mass is 268 g/mol. The molecule has 106 valence electrons. The minimum Gasteiger partial charge on any atom is -0.478 e. The zero-order chi connectivity index (χ0) is 14.4. The van der Waals surface area contributed by atoms with Crippen molar-refractivity contribution in [2.24, 2.45) is 0 Å². The fraction of sp³-hybridized carbons (Fsp3) is 0.538. The minimum atomic E-state index is -1.03. The van der Waals surface area contributed by atoms with Crippen LogP contribution in [0.4, 0.5) is 4.79 Å². The van der Waals surface area contributed by atoms with Gasteiger partial charge in [0.15, 0.2) is 0 Å².